The van der Waals surface area contributed by atoms with E-state index in [-0.39, 0.29) is 18.2 Å². The molecule has 1 N–H and O–H groups in total. The Kier molecular flexibility index (Phi) is 4.82. The van der Waals surface area contributed by atoms with Gasteiger partial charge < -0.3 is 19.3 Å². The van der Waals surface area contributed by atoms with Crippen LogP contribution in [0.25, 0.3) is 0 Å². The third-order valence-electron chi connectivity index (χ3n) is 5.01. The standard InChI is InChI=1S/C17H24N2O5/c1-22-13-5-4-11(15(7-13)23-2)8-18-9-12-6-16(24-3)14(10-18)19(12)17(20)21/h4-5,7,12,14,16H,6,8-10H2,1-3H3,(H,20,21)/t12-,14-,16-/m0/s1. The highest BCUT2D eigenvalue weighted by Crippen LogP contribution is 2.34. The monoisotopic (exact) mass is 336 g/mol. The van der Waals surface area contributed by atoms with Crippen molar-refractivity contribution in [3.63, 3.8) is 0 Å². The molecule has 1 amide bonds. The SMILES string of the molecule is COc1ccc(CN2C[C@@H]3C[C@H](OC)[C@H](C2)N3C(=O)O)c(OC)c1. The molecule has 2 heterocycles. The Balaban J connectivity index is 1.75. The molecule has 2 aliphatic heterocycles. The molecule has 3 atom stereocenters. The van der Waals surface area contributed by atoms with Gasteiger partial charge in [0.15, 0.2) is 0 Å². The van der Waals surface area contributed by atoms with Gasteiger partial charge in [0.2, 0.25) is 0 Å². The molecule has 0 aromatic heterocycles. The summed E-state index contributed by atoms with van der Waals surface area (Å²) < 4.78 is 16.2. The number of methoxy groups -OCH3 is 3. The van der Waals surface area contributed by atoms with Crippen LogP contribution in [-0.2, 0) is 11.3 Å². The topological polar surface area (TPSA) is 71.5 Å². The Morgan fingerprint density at radius 3 is 2.67 bits per heavy atom. The molecule has 0 unspecified atom stereocenters. The van der Waals surface area contributed by atoms with Crippen molar-refractivity contribution in [2.24, 2.45) is 0 Å². The first kappa shape index (κ1) is 16.9. The fourth-order valence-electron chi connectivity index (χ4n) is 3.90. The Morgan fingerprint density at radius 2 is 2.04 bits per heavy atom. The summed E-state index contributed by atoms with van der Waals surface area (Å²) in [4.78, 5) is 15.4. The van der Waals surface area contributed by atoms with E-state index < -0.39 is 6.09 Å². The Labute approximate surface area is 141 Å². The van der Waals surface area contributed by atoms with Crippen molar-refractivity contribution in [2.75, 3.05) is 34.4 Å². The summed E-state index contributed by atoms with van der Waals surface area (Å²) >= 11 is 0. The van der Waals surface area contributed by atoms with Crippen LogP contribution >= 0.6 is 0 Å². The first-order valence-electron chi connectivity index (χ1n) is 8.04. The highest BCUT2D eigenvalue weighted by molar-refractivity contribution is 5.67. The maximum absolute atomic E-state index is 11.5. The number of ether oxygens (including phenoxy) is 3. The van der Waals surface area contributed by atoms with Crippen LogP contribution < -0.4 is 9.47 Å². The fraction of sp³-hybridized carbons (Fsp3) is 0.588. The van der Waals surface area contributed by atoms with E-state index in [0.29, 0.717) is 19.6 Å². The predicted molar refractivity (Wildman–Crippen MR) is 87.7 cm³/mol. The van der Waals surface area contributed by atoms with Gasteiger partial charge in [-0.1, -0.05) is 6.07 Å². The zero-order valence-corrected chi connectivity index (χ0v) is 14.3. The van der Waals surface area contributed by atoms with E-state index in [1.54, 1.807) is 26.2 Å². The Bertz CT molecular complexity index is 609. The highest BCUT2D eigenvalue weighted by atomic mass is 16.5. The van der Waals surface area contributed by atoms with E-state index in [1.165, 1.54) is 0 Å². The number of hydrogen-bond acceptors (Lipinski definition) is 5. The average molecular weight is 336 g/mol. The fourth-order valence-corrected chi connectivity index (χ4v) is 3.90. The number of amides is 1. The molecule has 2 aliphatic rings. The smallest absolute Gasteiger partial charge is 0.407 e. The summed E-state index contributed by atoms with van der Waals surface area (Å²) in [6.45, 7) is 2.08. The van der Waals surface area contributed by atoms with Crippen LogP contribution in [0.4, 0.5) is 4.79 Å². The molecule has 2 fully saturated rings. The first-order chi connectivity index (χ1) is 11.6. The van der Waals surface area contributed by atoms with Gasteiger partial charge in [0.05, 0.1) is 32.4 Å². The van der Waals surface area contributed by atoms with Crippen molar-refractivity contribution in [3.8, 4) is 11.5 Å². The van der Waals surface area contributed by atoms with Crippen molar-refractivity contribution < 1.29 is 24.1 Å². The maximum atomic E-state index is 11.5. The van der Waals surface area contributed by atoms with Crippen LogP contribution in [0.15, 0.2) is 18.2 Å². The lowest BCUT2D eigenvalue weighted by Gasteiger charge is -2.40. The number of likely N-dealkylation sites (tertiary alicyclic amines) is 1. The van der Waals surface area contributed by atoms with Crippen molar-refractivity contribution in [2.45, 2.75) is 31.2 Å². The molecular weight excluding hydrogens is 312 g/mol. The number of rotatable bonds is 5. The second-order valence-corrected chi connectivity index (χ2v) is 6.29. The van der Waals surface area contributed by atoms with Gasteiger partial charge in [-0.25, -0.2) is 4.79 Å². The van der Waals surface area contributed by atoms with E-state index >= 15 is 0 Å². The number of nitrogens with zero attached hydrogens (tertiary/aromatic N) is 2. The third kappa shape index (κ3) is 3.01. The van der Waals surface area contributed by atoms with E-state index in [1.807, 2.05) is 18.2 Å². The van der Waals surface area contributed by atoms with E-state index in [4.69, 9.17) is 14.2 Å². The number of fused-ring (bicyclic) bond motifs is 2. The zero-order chi connectivity index (χ0) is 17.3. The molecule has 7 heteroatoms. The summed E-state index contributed by atoms with van der Waals surface area (Å²) in [6, 6.07) is 5.65. The van der Waals surface area contributed by atoms with Gasteiger partial charge >= 0.3 is 6.09 Å². The van der Waals surface area contributed by atoms with E-state index in [2.05, 4.69) is 4.90 Å². The number of benzene rings is 1. The number of hydrogen-bond donors (Lipinski definition) is 1. The van der Waals surface area contributed by atoms with Gasteiger partial charge in [0, 0.05) is 38.4 Å². The van der Waals surface area contributed by atoms with Crippen molar-refractivity contribution >= 4 is 6.09 Å². The summed E-state index contributed by atoms with van der Waals surface area (Å²) in [5, 5.41) is 9.47. The minimum absolute atomic E-state index is 0.0181. The van der Waals surface area contributed by atoms with Crippen LogP contribution in [0, 0.1) is 0 Å². The molecule has 0 spiro atoms. The van der Waals surface area contributed by atoms with Gasteiger partial charge in [0.25, 0.3) is 0 Å². The number of carboxylic acid groups (broad SMARTS) is 1. The van der Waals surface area contributed by atoms with Gasteiger partial charge in [-0.3, -0.25) is 9.80 Å². The van der Waals surface area contributed by atoms with E-state index in [0.717, 1.165) is 23.5 Å². The normalized spacial score (nSPS) is 26.5. The molecule has 2 saturated heterocycles. The molecule has 132 valence electrons. The lowest BCUT2D eigenvalue weighted by atomic mass is 10.1. The molecule has 1 aromatic rings. The Hall–Kier alpha value is -1.99. The van der Waals surface area contributed by atoms with Gasteiger partial charge in [0.1, 0.15) is 11.5 Å². The highest BCUT2D eigenvalue weighted by Gasteiger charge is 2.48. The molecule has 2 bridgehead atoms. The number of piperazine rings is 1. The number of carbonyl (C=O) groups is 1. The average Bonchev–Trinajstić information content (AvgIpc) is 2.82. The second-order valence-electron chi connectivity index (χ2n) is 6.29. The molecule has 1 aromatic carbocycles. The van der Waals surface area contributed by atoms with Crippen molar-refractivity contribution in [1.82, 2.24) is 9.80 Å². The largest absolute Gasteiger partial charge is 0.497 e. The molecule has 24 heavy (non-hydrogen) atoms. The lowest BCUT2D eigenvalue weighted by molar-refractivity contribution is 0.0218. The van der Waals surface area contributed by atoms with Crippen molar-refractivity contribution in [1.29, 1.82) is 0 Å². The van der Waals surface area contributed by atoms with E-state index in [9.17, 15) is 9.90 Å². The van der Waals surface area contributed by atoms with Crippen LogP contribution in [0.1, 0.15) is 12.0 Å². The molecule has 7 nitrogen and oxygen atoms in total. The summed E-state index contributed by atoms with van der Waals surface area (Å²) in [5.74, 6) is 1.54. The van der Waals surface area contributed by atoms with Gasteiger partial charge in [-0.15, -0.1) is 0 Å². The van der Waals surface area contributed by atoms with Gasteiger partial charge in [-0.05, 0) is 12.5 Å². The summed E-state index contributed by atoms with van der Waals surface area (Å²) in [7, 11) is 4.93. The lowest BCUT2D eigenvalue weighted by Crippen LogP contribution is -2.56. The van der Waals surface area contributed by atoms with Gasteiger partial charge in [-0.2, -0.15) is 0 Å². The molecular formula is C17H24N2O5. The molecule has 0 aliphatic carbocycles. The second kappa shape index (κ2) is 6.86. The third-order valence-corrected chi connectivity index (χ3v) is 5.01. The minimum atomic E-state index is -0.855. The molecule has 0 radical (unpaired) electrons. The Morgan fingerprint density at radius 1 is 1.25 bits per heavy atom. The van der Waals surface area contributed by atoms with Crippen LogP contribution in [0.2, 0.25) is 0 Å². The summed E-state index contributed by atoms with van der Waals surface area (Å²) in [6.07, 6.45) is -0.135. The summed E-state index contributed by atoms with van der Waals surface area (Å²) in [5.41, 5.74) is 1.07. The molecule has 3 rings (SSSR count). The van der Waals surface area contributed by atoms with Crippen LogP contribution in [-0.4, -0.2) is 73.6 Å². The zero-order valence-electron chi connectivity index (χ0n) is 14.3. The maximum Gasteiger partial charge on any atom is 0.407 e. The first-order valence-corrected chi connectivity index (χ1v) is 8.04. The minimum Gasteiger partial charge on any atom is -0.497 e. The van der Waals surface area contributed by atoms with Crippen LogP contribution in [0.3, 0.4) is 0 Å². The molecule has 0 saturated carbocycles. The quantitative estimate of drug-likeness (QED) is 0.882. The predicted octanol–water partition coefficient (Wildman–Crippen LogP) is 1.66. The van der Waals surface area contributed by atoms with Crippen molar-refractivity contribution in [3.05, 3.63) is 23.8 Å². The van der Waals surface area contributed by atoms with Crippen LogP contribution in [0.5, 0.6) is 11.5 Å².